The summed E-state index contributed by atoms with van der Waals surface area (Å²) < 4.78 is 38.8. The van der Waals surface area contributed by atoms with Crippen molar-refractivity contribution in [3.8, 4) is 17.2 Å². The third-order valence-electron chi connectivity index (χ3n) is 4.59. The molecule has 1 aliphatic heterocycles. The molecule has 7 nitrogen and oxygen atoms in total. The summed E-state index contributed by atoms with van der Waals surface area (Å²) in [5.74, 6) is 0.860. The zero-order valence-corrected chi connectivity index (χ0v) is 17.2. The SMILES string of the molecule is COc1cccc(CS(=O)(=O)Nc2ccc3c(c2)C(=O)Nc2cc(C)ccc2O3)c1. The summed E-state index contributed by atoms with van der Waals surface area (Å²) in [6, 6.07) is 16.9. The lowest BCUT2D eigenvalue weighted by Crippen LogP contribution is -2.16. The number of methoxy groups -OCH3 is 1. The van der Waals surface area contributed by atoms with Gasteiger partial charge in [-0.15, -0.1) is 0 Å². The first-order chi connectivity index (χ1) is 14.3. The van der Waals surface area contributed by atoms with Gasteiger partial charge in [0, 0.05) is 5.69 Å². The number of carbonyl (C=O) groups is 1. The van der Waals surface area contributed by atoms with Crippen LogP contribution in [-0.2, 0) is 15.8 Å². The fourth-order valence-electron chi connectivity index (χ4n) is 3.20. The number of rotatable bonds is 5. The highest BCUT2D eigenvalue weighted by atomic mass is 32.2. The second kappa shape index (κ2) is 7.72. The van der Waals surface area contributed by atoms with Crippen LogP contribution in [0.15, 0.2) is 60.7 Å². The highest BCUT2D eigenvalue weighted by Crippen LogP contribution is 2.37. The molecule has 0 saturated heterocycles. The minimum Gasteiger partial charge on any atom is -0.497 e. The van der Waals surface area contributed by atoms with Crippen LogP contribution in [0, 0.1) is 6.92 Å². The minimum atomic E-state index is -3.70. The molecular formula is C22H20N2O5S. The molecular weight excluding hydrogens is 404 g/mol. The first-order valence-electron chi connectivity index (χ1n) is 9.20. The van der Waals surface area contributed by atoms with Crippen molar-refractivity contribution in [1.82, 2.24) is 0 Å². The maximum atomic E-state index is 12.7. The fraction of sp³-hybridized carbons (Fsp3) is 0.136. The molecule has 0 fully saturated rings. The molecule has 2 N–H and O–H groups in total. The summed E-state index contributed by atoms with van der Waals surface area (Å²) in [7, 11) is -2.18. The molecule has 0 radical (unpaired) electrons. The number of amides is 1. The van der Waals surface area contributed by atoms with Crippen LogP contribution in [-0.4, -0.2) is 21.4 Å². The van der Waals surface area contributed by atoms with Gasteiger partial charge in [-0.2, -0.15) is 0 Å². The summed E-state index contributed by atoms with van der Waals surface area (Å²) in [4.78, 5) is 12.7. The molecule has 3 aromatic carbocycles. The van der Waals surface area contributed by atoms with E-state index in [-0.39, 0.29) is 22.9 Å². The number of anilines is 2. The molecule has 0 unspecified atom stereocenters. The van der Waals surface area contributed by atoms with Crippen molar-refractivity contribution in [1.29, 1.82) is 0 Å². The Morgan fingerprint density at radius 1 is 1.03 bits per heavy atom. The van der Waals surface area contributed by atoms with E-state index >= 15 is 0 Å². The number of ether oxygens (including phenoxy) is 2. The average molecular weight is 424 g/mol. The topological polar surface area (TPSA) is 93.7 Å². The molecule has 0 spiro atoms. The van der Waals surface area contributed by atoms with E-state index in [0.29, 0.717) is 28.5 Å². The van der Waals surface area contributed by atoms with Gasteiger partial charge < -0.3 is 14.8 Å². The average Bonchev–Trinajstić information content (AvgIpc) is 2.83. The molecule has 1 amide bonds. The highest BCUT2D eigenvalue weighted by molar-refractivity contribution is 7.91. The largest absolute Gasteiger partial charge is 0.497 e. The quantitative estimate of drug-likeness (QED) is 0.637. The predicted molar refractivity (Wildman–Crippen MR) is 115 cm³/mol. The van der Waals surface area contributed by atoms with Gasteiger partial charge in [0.25, 0.3) is 5.91 Å². The molecule has 0 saturated carbocycles. The lowest BCUT2D eigenvalue weighted by molar-refractivity contribution is 0.102. The lowest BCUT2D eigenvalue weighted by atomic mass is 10.1. The monoisotopic (exact) mass is 424 g/mol. The number of carbonyl (C=O) groups excluding carboxylic acids is 1. The van der Waals surface area contributed by atoms with E-state index in [2.05, 4.69) is 10.0 Å². The summed E-state index contributed by atoms with van der Waals surface area (Å²) in [5, 5.41) is 2.81. The molecule has 0 bridgehead atoms. The summed E-state index contributed by atoms with van der Waals surface area (Å²) in [6.45, 7) is 1.92. The van der Waals surface area contributed by atoms with Crippen molar-refractivity contribution in [2.45, 2.75) is 12.7 Å². The molecule has 3 aromatic rings. The van der Waals surface area contributed by atoms with Gasteiger partial charge in [0.05, 0.1) is 24.1 Å². The van der Waals surface area contributed by atoms with Gasteiger partial charge in [0.1, 0.15) is 11.5 Å². The van der Waals surface area contributed by atoms with Crippen molar-refractivity contribution < 1.29 is 22.7 Å². The maximum absolute atomic E-state index is 12.7. The van der Waals surface area contributed by atoms with Gasteiger partial charge in [0.2, 0.25) is 10.0 Å². The Labute approximate surface area is 174 Å². The summed E-state index contributed by atoms with van der Waals surface area (Å²) in [5.41, 5.74) is 2.65. The van der Waals surface area contributed by atoms with Crippen LogP contribution in [0.25, 0.3) is 0 Å². The van der Waals surface area contributed by atoms with Crippen LogP contribution in [0.3, 0.4) is 0 Å². The number of fused-ring (bicyclic) bond motifs is 2. The van der Waals surface area contributed by atoms with Gasteiger partial charge in [-0.05, 0) is 60.5 Å². The summed E-state index contributed by atoms with van der Waals surface area (Å²) >= 11 is 0. The smallest absolute Gasteiger partial charge is 0.259 e. The van der Waals surface area contributed by atoms with E-state index in [4.69, 9.17) is 9.47 Å². The van der Waals surface area contributed by atoms with Crippen LogP contribution < -0.4 is 19.5 Å². The molecule has 0 atom stereocenters. The Bertz CT molecular complexity index is 1240. The first kappa shape index (κ1) is 19.8. The van der Waals surface area contributed by atoms with Crippen LogP contribution in [0.2, 0.25) is 0 Å². The number of sulfonamides is 1. The molecule has 30 heavy (non-hydrogen) atoms. The number of aryl methyl sites for hydroxylation is 1. The van der Waals surface area contributed by atoms with E-state index < -0.39 is 10.0 Å². The van der Waals surface area contributed by atoms with E-state index in [1.165, 1.54) is 13.2 Å². The molecule has 4 rings (SSSR count). The van der Waals surface area contributed by atoms with Crippen LogP contribution in [0.5, 0.6) is 17.2 Å². The Morgan fingerprint density at radius 3 is 2.63 bits per heavy atom. The number of hydrogen-bond acceptors (Lipinski definition) is 5. The van der Waals surface area contributed by atoms with E-state index in [9.17, 15) is 13.2 Å². The molecule has 8 heteroatoms. The normalized spacial score (nSPS) is 12.7. The highest BCUT2D eigenvalue weighted by Gasteiger charge is 2.22. The van der Waals surface area contributed by atoms with Gasteiger partial charge in [-0.1, -0.05) is 18.2 Å². The van der Waals surface area contributed by atoms with Crippen molar-refractivity contribution in [2.24, 2.45) is 0 Å². The Balaban J connectivity index is 1.58. The molecule has 154 valence electrons. The Morgan fingerprint density at radius 2 is 1.83 bits per heavy atom. The third kappa shape index (κ3) is 4.23. The van der Waals surface area contributed by atoms with E-state index in [1.54, 1.807) is 42.5 Å². The predicted octanol–water partition coefficient (Wildman–Crippen LogP) is 4.30. The number of hydrogen-bond donors (Lipinski definition) is 2. The van der Waals surface area contributed by atoms with Gasteiger partial charge in [-0.3, -0.25) is 9.52 Å². The maximum Gasteiger partial charge on any atom is 0.259 e. The number of nitrogens with one attached hydrogen (secondary N) is 2. The van der Waals surface area contributed by atoms with Crippen LogP contribution in [0.4, 0.5) is 11.4 Å². The Kier molecular flexibility index (Phi) is 5.09. The minimum absolute atomic E-state index is 0.227. The lowest BCUT2D eigenvalue weighted by Gasteiger charge is -2.12. The van der Waals surface area contributed by atoms with E-state index in [1.807, 2.05) is 19.1 Å². The van der Waals surface area contributed by atoms with Crippen molar-refractivity contribution in [2.75, 3.05) is 17.1 Å². The third-order valence-corrected chi connectivity index (χ3v) is 5.85. The molecule has 1 aliphatic rings. The Hall–Kier alpha value is -3.52. The van der Waals surface area contributed by atoms with Gasteiger partial charge >= 0.3 is 0 Å². The van der Waals surface area contributed by atoms with Gasteiger partial charge in [-0.25, -0.2) is 8.42 Å². The molecule has 1 heterocycles. The van der Waals surface area contributed by atoms with Crippen LogP contribution >= 0.6 is 0 Å². The van der Waals surface area contributed by atoms with Crippen molar-refractivity contribution >= 4 is 27.3 Å². The van der Waals surface area contributed by atoms with Crippen molar-refractivity contribution in [3.05, 3.63) is 77.4 Å². The summed E-state index contributed by atoms with van der Waals surface area (Å²) in [6.07, 6.45) is 0. The second-order valence-corrected chi connectivity index (χ2v) is 8.70. The molecule has 0 aromatic heterocycles. The zero-order valence-electron chi connectivity index (χ0n) is 16.4. The standard InChI is InChI=1S/C22H20N2O5S/c1-14-6-8-21-19(10-14)23-22(25)18-12-16(7-9-20(18)29-21)24-30(26,27)13-15-4-3-5-17(11-15)28-2/h3-12,24H,13H2,1-2H3,(H,23,25). The fourth-order valence-corrected chi connectivity index (χ4v) is 4.37. The second-order valence-electron chi connectivity index (χ2n) is 6.98. The number of benzene rings is 3. The van der Waals surface area contributed by atoms with Crippen molar-refractivity contribution in [3.63, 3.8) is 0 Å². The first-order valence-corrected chi connectivity index (χ1v) is 10.9. The molecule has 0 aliphatic carbocycles. The van der Waals surface area contributed by atoms with E-state index in [0.717, 1.165) is 5.56 Å². The van der Waals surface area contributed by atoms with Gasteiger partial charge in [0.15, 0.2) is 5.75 Å². The van der Waals surface area contributed by atoms with Crippen LogP contribution in [0.1, 0.15) is 21.5 Å². The zero-order chi connectivity index (χ0) is 21.3.